The van der Waals surface area contributed by atoms with Crippen molar-refractivity contribution in [3.8, 4) is 0 Å². The van der Waals surface area contributed by atoms with Gasteiger partial charge < -0.3 is 10.2 Å². The number of nitrogens with zero attached hydrogens (tertiary/aromatic N) is 2. The SMILES string of the molecule is CCCN(CCC)c1ccc(C(C)NC)nc1. The van der Waals surface area contributed by atoms with Crippen molar-refractivity contribution in [2.75, 3.05) is 25.0 Å². The lowest BCUT2D eigenvalue weighted by Crippen LogP contribution is -2.25. The molecule has 1 heterocycles. The number of pyridine rings is 1. The molecule has 0 radical (unpaired) electrons. The van der Waals surface area contributed by atoms with Crippen LogP contribution in [0.4, 0.5) is 5.69 Å². The van der Waals surface area contributed by atoms with Gasteiger partial charge in [-0.15, -0.1) is 0 Å². The highest BCUT2D eigenvalue weighted by molar-refractivity contribution is 5.44. The molecule has 3 nitrogen and oxygen atoms in total. The smallest absolute Gasteiger partial charge is 0.0571 e. The highest BCUT2D eigenvalue weighted by atomic mass is 15.1. The number of anilines is 1. The fourth-order valence-corrected chi connectivity index (χ4v) is 1.90. The van der Waals surface area contributed by atoms with E-state index in [9.17, 15) is 0 Å². The zero-order valence-corrected chi connectivity index (χ0v) is 11.5. The molecule has 1 aromatic heterocycles. The summed E-state index contributed by atoms with van der Waals surface area (Å²) in [5.41, 5.74) is 2.34. The summed E-state index contributed by atoms with van der Waals surface area (Å²) >= 11 is 0. The van der Waals surface area contributed by atoms with Gasteiger partial charge in [0.05, 0.1) is 17.6 Å². The van der Waals surface area contributed by atoms with Crippen molar-refractivity contribution >= 4 is 5.69 Å². The molecule has 0 amide bonds. The van der Waals surface area contributed by atoms with Gasteiger partial charge in [0.1, 0.15) is 0 Å². The topological polar surface area (TPSA) is 28.2 Å². The minimum Gasteiger partial charge on any atom is -0.370 e. The maximum absolute atomic E-state index is 4.53. The molecule has 0 aliphatic carbocycles. The molecule has 1 rings (SSSR count). The lowest BCUT2D eigenvalue weighted by molar-refractivity contribution is 0.632. The second-order valence-corrected chi connectivity index (χ2v) is 4.44. The first-order valence-electron chi connectivity index (χ1n) is 6.61. The van der Waals surface area contributed by atoms with E-state index >= 15 is 0 Å². The zero-order valence-electron chi connectivity index (χ0n) is 11.5. The fraction of sp³-hybridized carbons (Fsp3) is 0.643. The summed E-state index contributed by atoms with van der Waals surface area (Å²) in [5.74, 6) is 0. The predicted octanol–water partition coefficient (Wildman–Crippen LogP) is 2.99. The zero-order chi connectivity index (χ0) is 12.7. The van der Waals surface area contributed by atoms with Crippen LogP contribution < -0.4 is 10.2 Å². The van der Waals surface area contributed by atoms with Gasteiger partial charge in [-0.25, -0.2) is 0 Å². The molecule has 1 aromatic rings. The van der Waals surface area contributed by atoms with Crippen LogP contribution in [0.1, 0.15) is 45.3 Å². The Morgan fingerprint density at radius 2 is 1.88 bits per heavy atom. The van der Waals surface area contributed by atoms with E-state index in [2.05, 4.69) is 48.1 Å². The Balaban J connectivity index is 2.76. The molecule has 0 saturated carbocycles. The molecule has 1 N–H and O–H groups in total. The van der Waals surface area contributed by atoms with E-state index in [1.165, 1.54) is 18.5 Å². The van der Waals surface area contributed by atoms with Crippen LogP contribution in [0.2, 0.25) is 0 Å². The minimum absolute atomic E-state index is 0.315. The van der Waals surface area contributed by atoms with Crippen LogP contribution in [-0.4, -0.2) is 25.1 Å². The van der Waals surface area contributed by atoms with Crippen LogP contribution >= 0.6 is 0 Å². The van der Waals surface area contributed by atoms with Gasteiger partial charge in [0.2, 0.25) is 0 Å². The van der Waals surface area contributed by atoms with Crippen LogP contribution in [-0.2, 0) is 0 Å². The molecule has 0 fully saturated rings. The molecule has 17 heavy (non-hydrogen) atoms. The summed E-state index contributed by atoms with van der Waals surface area (Å²) in [6.45, 7) is 8.77. The van der Waals surface area contributed by atoms with Gasteiger partial charge in [0.15, 0.2) is 0 Å². The molecule has 0 saturated heterocycles. The first kappa shape index (κ1) is 14.0. The van der Waals surface area contributed by atoms with Gasteiger partial charge in [0, 0.05) is 19.1 Å². The summed E-state index contributed by atoms with van der Waals surface area (Å²) in [6.07, 6.45) is 4.35. The summed E-state index contributed by atoms with van der Waals surface area (Å²) in [5, 5.41) is 3.20. The Bertz CT molecular complexity index is 302. The Labute approximate surface area is 105 Å². The average molecular weight is 235 g/mol. The Morgan fingerprint density at radius 3 is 2.29 bits per heavy atom. The van der Waals surface area contributed by atoms with E-state index in [-0.39, 0.29) is 0 Å². The first-order valence-corrected chi connectivity index (χ1v) is 6.61. The summed E-state index contributed by atoms with van der Waals surface area (Å²) in [4.78, 5) is 6.93. The Kier molecular flexibility index (Phi) is 5.98. The van der Waals surface area contributed by atoms with Gasteiger partial charge in [0.25, 0.3) is 0 Å². The third-order valence-corrected chi connectivity index (χ3v) is 3.00. The number of rotatable bonds is 7. The molecular weight excluding hydrogens is 210 g/mol. The molecule has 0 spiro atoms. The van der Waals surface area contributed by atoms with E-state index in [4.69, 9.17) is 0 Å². The molecule has 96 valence electrons. The summed E-state index contributed by atoms with van der Waals surface area (Å²) in [6, 6.07) is 4.62. The summed E-state index contributed by atoms with van der Waals surface area (Å²) < 4.78 is 0. The molecule has 0 aliphatic rings. The van der Waals surface area contributed by atoms with E-state index in [1.807, 2.05) is 13.2 Å². The first-order chi connectivity index (χ1) is 8.22. The van der Waals surface area contributed by atoms with Crippen molar-refractivity contribution in [3.05, 3.63) is 24.0 Å². The number of hydrogen-bond donors (Lipinski definition) is 1. The molecule has 0 bridgehead atoms. The van der Waals surface area contributed by atoms with E-state index < -0.39 is 0 Å². The van der Waals surface area contributed by atoms with Crippen molar-refractivity contribution in [2.45, 2.75) is 39.7 Å². The lowest BCUT2D eigenvalue weighted by Gasteiger charge is -2.23. The van der Waals surface area contributed by atoms with Crippen molar-refractivity contribution in [3.63, 3.8) is 0 Å². The van der Waals surface area contributed by atoms with E-state index in [1.54, 1.807) is 0 Å². The minimum atomic E-state index is 0.315. The van der Waals surface area contributed by atoms with Crippen molar-refractivity contribution in [1.29, 1.82) is 0 Å². The molecule has 0 aliphatic heterocycles. The number of hydrogen-bond acceptors (Lipinski definition) is 3. The fourth-order valence-electron chi connectivity index (χ4n) is 1.90. The lowest BCUT2D eigenvalue weighted by atomic mass is 10.2. The third-order valence-electron chi connectivity index (χ3n) is 3.00. The Hall–Kier alpha value is -1.09. The number of nitrogens with one attached hydrogen (secondary N) is 1. The largest absolute Gasteiger partial charge is 0.370 e. The third kappa shape index (κ3) is 4.00. The molecule has 3 heteroatoms. The van der Waals surface area contributed by atoms with Gasteiger partial charge in [-0.1, -0.05) is 13.8 Å². The second kappa shape index (κ2) is 7.28. The molecule has 1 atom stereocenters. The number of aromatic nitrogens is 1. The molecule has 0 aromatic carbocycles. The summed E-state index contributed by atoms with van der Waals surface area (Å²) in [7, 11) is 1.96. The van der Waals surface area contributed by atoms with Crippen LogP contribution in [0.3, 0.4) is 0 Å². The van der Waals surface area contributed by atoms with Crippen molar-refractivity contribution in [2.24, 2.45) is 0 Å². The standard InChI is InChI=1S/C14H25N3/c1-5-9-17(10-6-2)13-7-8-14(16-11-13)12(3)15-4/h7-8,11-12,15H,5-6,9-10H2,1-4H3. The van der Waals surface area contributed by atoms with Gasteiger partial charge in [-0.05, 0) is 38.9 Å². The van der Waals surface area contributed by atoms with E-state index in [0.29, 0.717) is 6.04 Å². The maximum atomic E-state index is 4.53. The average Bonchev–Trinajstić information content (AvgIpc) is 2.38. The van der Waals surface area contributed by atoms with Gasteiger partial charge in [-0.3, -0.25) is 4.98 Å². The molecular formula is C14H25N3. The van der Waals surface area contributed by atoms with E-state index in [0.717, 1.165) is 18.8 Å². The van der Waals surface area contributed by atoms with Crippen LogP contribution in [0, 0.1) is 0 Å². The normalized spacial score (nSPS) is 12.5. The van der Waals surface area contributed by atoms with Gasteiger partial charge in [-0.2, -0.15) is 0 Å². The Morgan fingerprint density at radius 1 is 1.24 bits per heavy atom. The van der Waals surface area contributed by atoms with Crippen LogP contribution in [0.25, 0.3) is 0 Å². The molecule has 1 unspecified atom stereocenters. The monoisotopic (exact) mass is 235 g/mol. The van der Waals surface area contributed by atoms with Gasteiger partial charge >= 0.3 is 0 Å². The highest BCUT2D eigenvalue weighted by Crippen LogP contribution is 2.16. The second-order valence-electron chi connectivity index (χ2n) is 4.44. The van der Waals surface area contributed by atoms with Crippen molar-refractivity contribution in [1.82, 2.24) is 10.3 Å². The quantitative estimate of drug-likeness (QED) is 0.787. The highest BCUT2D eigenvalue weighted by Gasteiger charge is 2.07. The predicted molar refractivity (Wildman–Crippen MR) is 74.5 cm³/mol. The van der Waals surface area contributed by atoms with Crippen molar-refractivity contribution < 1.29 is 0 Å². The van der Waals surface area contributed by atoms with Crippen LogP contribution in [0.15, 0.2) is 18.3 Å². The van der Waals surface area contributed by atoms with Crippen LogP contribution in [0.5, 0.6) is 0 Å². The maximum Gasteiger partial charge on any atom is 0.0571 e.